The summed E-state index contributed by atoms with van der Waals surface area (Å²) >= 11 is 0. The molecule has 1 atom stereocenters. The van der Waals surface area contributed by atoms with E-state index in [0.29, 0.717) is 11.3 Å². The maximum absolute atomic E-state index is 10.8. The van der Waals surface area contributed by atoms with Gasteiger partial charge in [-0.15, -0.1) is 0 Å². The highest BCUT2D eigenvalue weighted by molar-refractivity contribution is 5.63. The standard InChI is InChI=1S/C11H14N2O3/c1-8(12)3-4-9-5-6-10(16-2)7-11(9)13(14)15/h3-8H,12H2,1-2H3/b4-3+. The van der Waals surface area contributed by atoms with Crippen LogP contribution in [0.15, 0.2) is 24.3 Å². The van der Waals surface area contributed by atoms with Crippen molar-refractivity contribution in [1.82, 2.24) is 0 Å². The number of hydrogen-bond acceptors (Lipinski definition) is 4. The summed E-state index contributed by atoms with van der Waals surface area (Å²) in [6.45, 7) is 1.80. The second-order valence-electron chi connectivity index (χ2n) is 3.40. The van der Waals surface area contributed by atoms with E-state index < -0.39 is 4.92 Å². The maximum Gasteiger partial charge on any atom is 0.280 e. The van der Waals surface area contributed by atoms with Gasteiger partial charge in [-0.1, -0.05) is 12.2 Å². The van der Waals surface area contributed by atoms with Gasteiger partial charge in [-0.2, -0.15) is 0 Å². The molecule has 0 amide bonds. The number of ether oxygens (including phenoxy) is 1. The van der Waals surface area contributed by atoms with Gasteiger partial charge in [-0.3, -0.25) is 10.1 Å². The lowest BCUT2D eigenvalue weighted by molar-refractivity contribution is -0.385. The normalized spacial score (nSPS) is 12.7. The zero-order chi connectivity index (χ0) is 12.1. The summed E-state index contributed by atoms with van der Waals surface area (Å²) in [5.74, 6) is 0.463. The van der Waals surface area contributed by atoms with Crippen molar-refractivity contribution in [2.24, 2.45) is 5.73 Å². The van der Waals surface area contributed by atoms with Crippen LogP contribution < -0.4 is 10.5 Å². The molecular weight excluding hydrogens is 208 g/mol. The summed E-state index contributed by atoms with van der Waals surface area (Å²) in [7, 11) is 1.47. The molecule has 0 radical (unpaired) electrons. The van der Waals surface area contributed by atoms with E-state index in [1.807, 2.05) is 0 Å². The highest BCUT2D eigenvalue weighted by atomic mass is 16.6. The molecule has 1 aromatic carbocycles. The molecule has 1 rings (SSSR count). The van der Waals surface area contributed by atoms with E-state index in [1.165, 1.54) is 13.2 Å². The van der Waals surface area contributed by atoms with E-state index in [2.05, 4.69) is 0 Å². The lowest BCUT2D eigenvalue weighted by atomic mass is 10.1. The third-order valence-corrected chi connectivity index (χ3v) is 2.01. The molecule has 0 aliphatic rings. The van der Waals surface area contributed by atoms with E-state index in [4.69, 9.17) is 10.5 Å². The van der Waals surface area contributed by atoms with Crippen LogP contribution in [0.25, 0.3) is 6.08 Å². The van der Waals surface area contributed by atoms with Gasteiger partial charge < -0.3 is 10.5 Å². The lowest BCUT2D eigenvalue weighted by Crippen LogP contribution is -2.10. The van der Waals surface area contributed by atoms with Crippen molar-refractivity contribution in [1.29, 1.82) is 0 Å². The van der Waals surface area contributed by atoms with Gasteiger partial charge >= 0.3 is 0 Å². The summed E-state index contributed by atoms with van der Waals surface area (Å²) in [4.78, 5) is 10.4. The van der Waals surface area contributed by atoms with Crippen LogP contribution in [-0.4, -0.2) is 18.1 Å². The third-order valence-electron chi connectivity index (χ3n) is 2.01. The molecule has 0 bridgehead atoms. The quantitative estimate of drug-likeness (QED) is 0.624. The maximum atomic E-state index is 10.8. The topological polar surface area (TPSA) is 78.4 Å². The van der Waals surface area contributed by atoms with E-state index in [1.54, 1.807) is 31.2 Å². The summed E-state index contributed by atoms with van der Waals surface area (Å²) in [6.07, 6.45) is 3.34. The smallest absolute Gasteiger partial charge is 0.280 e. The summed E-state index contributed by atoms with van der Waals surface area (Å²) in [6, 6.07) is 4.56. The van der Waals surface area contributed by atoms with Crippen LogP contribution in [0.2, 0.25) is 0 Å². The number of nitro groups is 1. The number of methoxy groups -OCH3 is 1. The predicted molar refractivity (Wildman–Crippen MR) is 62.3 cm³/mol. The van der Waals surface area contributed by atoms with Gasteiger partial charge in [0.25, 0.3) is 5.69 Å². The molecule has 5 nitrogen and oxygen atoms in total. The first-order chi connectivity index (χ1) is 7.54. The number of hydrogen-bond donors (Lipinski definition) is 1. The van der Waals surface area contributed by atoms with Crippen LogP contribution in [0, 0.1) is 10.1 Å². The molecule has 0 saturated carbocycles. The average Bonchev–Trinajstić information content (AvgIpc) is 2.25. The Morgan fingerprint density at radius 1 is 1.56 bits per heavy atom. The molecular formula is C11H14N2O3. The number of nitro benzene ring substituents is 1. The fourth-order valence-electron chi connectivity index (χ4n) is 1.20. The monoisotopic (exact) mass is 222 g/mol. The highest BCUT2D eigenvalue weighted by Gasteiger charge is 2.12. The second-order valence-corrected chi connectivity index (χ2v) is 3.40. The summed E-state index contributed by atoms with van der Waals surface area (Å²) < 4.78 is 4.93. The first-order valence-electron chi connectivity index (χ1n) is 4.81. The van der Waals surface area contributed by atoms with Crippen LogP contribution in [0.3, 0.4) is 0 Å². The lowest BCUT2D eigenvalue weighted by Gasteiger charge is -2.02. The van der Waals surface area contributed by atoms with Crippen molar-refractivity contribution < 1.29 is 9.66 Å². The Hall–Kier alpha value is -1.88. The van der Waals surface area contributed by atoms with Gasteiger partial charge in [0.15, 0.2) is 0 Å². The van der Waals surface area contributed by atoms with Crippen molar-refractivity contribution in [3.8, 4) is 5.75 Å². The zero-order valence-electron chi connectivity index (χ0n) is 9.21. The van der Waals surface area contributed by atoms with Crippen LogP contribution >= 0.6 is 0 Å². The minimum atomic E-state index is -0.441. The van der Waals surface area contributed by atoms with Gasteiger partial charge in [0.2, 0.25) is 0 Å². The summed E-state index contributed by atoms with van der Waals surface area (Å²) in [5.41, 5.74) is 6.07. The Bertz CT molecular complexity index is 414. The Balaban J connectivity index is 3.13. The minimum absolute atomic E-state index is 0.0104. The van der Waals surface area contributed by atoms with Gasteiger partial charge in [0.05, 0.1) is 23.7 Å². The van der Waals surface area contributed by atoms with Gasteiger partial charge in [-0.25, -0.2) is 0 Å². The second kappa shape index (κ2) is 5.27. The van der Waals surface area contributed by atoms with Crippen LogP contribution in [0.5, 0.6) is 5.75 Å². The van der Waals surface area contributed by atoms with Gasteiger partial charge in [0.1, 0.15) is 5.75 Å². The van der Waals surface area contributed by atoms with E-state index in [0.717, 1.165) is 0 Å². The van der Waals surface area contributed by atoms with Gasteiger partial charge in [0, 0.05) is 6.04 Å². The largest absolute Gasteiger partial charge is 0.497 e. The number of nitrogens with two attached hydrogens (primary N) is 1. The first kappa shape index (κ1) is 12.2. The number of benzene rings is 1. The van der Waals surface area contributed by atoms with Crippen molar-refractivity contribution in [3.05, 3.63) is 40.0 Å². The van der Waals surface area contributed by atoms with Crippen molar-refractivity contribution >= 4 is 11.8 Å². The molecule has 1 aromatic rings. The molecule has 0 heterocycles. The molecule has 0 saturated heterocycles. The Labute approximate surface area is 93.7 Å². The van der Waals surface area contributed by atoms with Crippen molar-refractivity contribution in [2.75, 3.05) is 7.11 Å². The number of nitrogens with zero attached hydrogens (tertiary/aromatic N) is 1. The van der Waals surface area contributed by atoms with Crippen LogP contribution in [0.4, 0.5) is 5.69 Å². The van der Waals surface area contributed by atoms with E-state index in [-0.39, 0.29) is 11.7 Å². The third kappa shape index (κ3) is 3.06. The van der Waals surface area contributed by atoms with E-state index >= 15 is 0 Å². The van der Waals surface area contributed by atoms with Crippen molar-refractivity contribution in [2.45, 2.75) is 13.0 Å². The first-order valence-corrected chi connectivity index (χ1v) is 4.81. The number of rotatable bonds is 4. The molecule has 16 heavy (non-hydrogen) atoms. The predicted octanol–water partition coefficient (Wildman–Crippen LogP) is 1.96. The van der Waals surface area contributed by atoms with Crippen molar-refractivity contribution in [3.63, 3.8) is 0 Å². The average molecular weight is 222 g/mol. The molecule has 5 heteroatoms. The zero-order valence-corrected chi connectivity index (χ0v) is 9.21. The fraction of sp³-hybridized carbons (Fsp3) is 0.273. The van der Waals surface area contributed by atoms with E-state index in [9.17, 15) is 10.1 Å². The highest BCUT2D eigenvalue weighted by Crippen LogP contribution is 2.25. The molecule has 0 aliphatic heterocycles. The van der Waals surface area contributed by atoms with Crippen LogP contribution in [-0.2, 0) is 0 Å². The van der Waals surface area contributed by atoms with Crippen LogP contribution in [0.1, 0.15) is 12.5 Å². The minimum Gasteiger partial charge on any atom is -0.497 e. The molecule has 86 valence electrons. The SMILES string of the molecule is COc1ccc(/C=C/C(C)N)c([N+](=O)[O-])c1. The molecule has 0 fully saturated rings. The molecule has 0 aliphatic carbocycles. The molecule has 1 unspecified atom stereocenters. The molecule has 2 N–H and O–H groups in total. The summed E-state index contributed by atoms with van der Waals surface area (Å²) in [5, 5.41) is 10.8. The molecule has 0 aromatic heterocycles. The molecule has 0 spiro atoms. The Morgan fingerprint density at radius 2 is 2.25 bits per heavy atom. The fourth-order valence-corrected chi connectivity index (χ4v) is 1.20. The Kier molecular flexibility index (Phi) is 4.02. The Morgan fingerprint density at radius 3 is 2.75 bits per heavy atom. The van der Waals surface area contributed by atoms with Gasteiger partial charge in [-0.05, 0) is 19.1 Å².